The zero-order valence-corrected chi connectivity index (χ0v) is 9.12. The molecule has 0 aromatic heterocycles. The summed E-state index contributed by atoms with van der Waals surface area (Å²) in [5.41, 5.74) is 0. The molecule has 0 rings (SSSR count). The van der Waals surface area contributed by atoms with E-state index in [0.717, 1.165) is 0 Å². The van der Waals surface area contributed by atoms with E-state index in [1.807, 2.05) is 0 Å². The van der Waals surface area contributed by atoms with Gasteiger partial charge in [0, 0.05) is 0 Å². The monoisotopic (exact) mass is 264 g/mol. The van der Waals surface area contributed by atoms with Gasteiger partial charge in [0.15, 0.2) is 0 Å². The Bertz CT molecular complexity index is 57.8. The summed E-state index contributed by atoms with van der Waals surface area (Å²) in [5, 5.41) is 0. The van der Waals surface area contributed by atoms with Gasteiger partial charge >= 0.3 is 32.1 Å². The summed E-state index contributed by atoms with van der Waals surface area (Å²) in [6.45, 7) is 0. The van der Waals surface area contributed by atoms with Gasteiger partial charge in [0.1, 0.15) is 9.05 Å². The molecule has 0 atom stereocenters. The zero-order chi connectivity index (χ0) is 9.00. The van der Waals surface area contributed by atoms with Crippen molar-refractivity contribution < 1.29 is 43.8 Å². The molecule has 0 unspecified atom stereocenters. The maximum atomic E-state index is 8.80. The van der Waals surface area contributed by atoms with E-state index < -0.39 is 18.1 Å². The quantitative estimate of drug-likeness (QED) is 0.231. The molecule has 9 nitrogen and oxygen atoms in total. The van der Waals surface area contributed by atoms with Gasteiger partial charge in [0.2, 0.25) is 0 Å². The first kappa shape index (κ1) is 29.2. The second-order valence-corrected chi connectivity index (χ2v) is 3.45. The van der Waals surface area contributed by atoms with Crippen LogP contribution in [-0.4, -0.2) is 86.4 Å². The number of rotatable bonds is 0. The minimum Gasteiger partial charge on any atom is -0.828 e. The van der Waals surface area contributed by atoms with Crippen LogP contribution in [-0.2, 0) is 0 Å². The van der Waals surface area contributed by atoms with Crippen LogP contribution in [0.1, 0.15) is 0 Å². The van der Waals surface area contributed by atoms with E-state index in [9.17, 15) is 0 Å². The van der Waals surface area contributed by atoms with E-state index in [-0.39, 0.29) is 39.5 Å². The van der Waals surface area contributed by atoms with Gasteiger partial charge in [-0.1, -0.05) is 0 Å². The maximum absolute atomic E-state index is 8.80. The van der Waals surface area contributed by atoms with E-state index in [0.29, 0.717) is 0 Å². The van der Waals surface area contributed by atoms with Gasteiger partial charge in [-0.3, -0.25) is 0 Å². The summed E-state index contributed by atoms with van der Waals surface area (Å²) in [6, 6.07) is 0. The molecule has 0 aliphatic carbocycles. The third-order valence-electron chi connectivity index (χ3n) is 0. The van der Waals surface area contributed by atoms with Gasteiger partial charge in [0.05, 0.1) is 0 Å². The Hall–Kier alpha value is 1.06. The summed E-state index contributed by atoms with van der Waals surface area (Å²) in [4.78, 5) is 61.1. The number of hydrogen-bond acceptors (Lipinski definition) is 8. The fourth-order valence-electron chi connectivity index (χ4n) is 0. The summed E-state index contributed by atoms with van der Waals surface area (Å²) >= 11 is 0. The second-order valence-electron chi connectivity index (χ2n) is 1.15. The molecule has 0 saturated heterocycles. The van der Waals surface area contributed by atoms with E-state index in [1.165, 1.54) is 0 Å². The van der Waals surface area contributed by atoms with Crippen LogP contribution >= 0.6 is 0 Å². The van der Waals surface area contributed by atoms with Gasteiger partial charge in [-0.25, -0.2) is 0 Å². The summed E-state index contributed by atoms with van der Waals surface area (Å²) < 4.78 is 0. The van der Waals surface area contributed by atoms with Crippen molar-refractivity contribution in [2.24, 2.45) is 0 Å². The average Bonchev–Trinajstić information content (AvgIpc) is 1.12. The minimum absolute atomic E-state index is 0. The molecule has 0 spiro atoms. The topological polar surface area (TPSA) is 199 Å². The molecule has 8 N–H and O–H groups in total. The summed E-state index contributed by atoms with van der Waals surface area (Å²) in [6.07, 6.45) is 0. The Balaban J connectivity index is -0.0000000267. The van der Waals surface area contributed by atoms with Gasteiger partial charge < -0.3 is 43.8 Å². The predicted octanol–water partition coefficient (Wildman–Crippen LogP) is -9.14. The molecule has 13 heavy (non-hydrogen) atoms. The van der Waals surface area contributed by atoms with E-state index in [4.69, 9.17) is 38.4 Å². The van der Waals surface area contributed by atoms with Crippen molar-refractivity contribution in [1.82, 2.24) is 0 Å². The fraction of sp³-hybridized carbons (Fsp3) is 0. The molecular formula is H12MgO9Si3. The zero-order valence-electron chi connectivity index (χ0n) is 5.71. The smallest absolute Gasteiger partial charge is 0.828 e. The molecule has 0 aromatic rings. The molecule has 80 valence electrons. The van der Waals surface area contributed by atoms with E-state index >= 15 is 0 Å². The van der Waals surface area contributed by atoms with Crippen LogP contribution in [0.4, 0.5) is 0 Å². The van der Waals surface area contributed by atoms with Gasteiger partial charge in [-0.2, -0.15) is 0 Å². The third-order valence-corrected chi connectivity index (χ3v) is 0. The Morgan fingerprint density at radius 2 is 0.769 bits per heavy atom. The first-order valence-corrected chi connectivity index (χ1v) is 5.25. The van der Waals surface area contributed by atoms with Crippen molar-refractivity contribution >= 4 is 52.1 Å². The SMILES string of the molecule is O.O[Si](O)(O)O.[Mg+2].[O-][Si]([O-])(O)O.[SiH4]. The van der Waals surface area contributed by atoms with Crippen molar-refractivity contribution in [1.29, 1.82) is 0 Å². The van der Waals surface area contributed by atoms with E-state index in [2.05, 4.69) is 0 Å². The molecule has 0 fully saturated rings. The summed E-state index contributed by atoms with van der Waals surface area (Å²) in [7, 11) is -9.72. The Morgan fingerprint density at radius 3 is 0.769 bits per heavy atom. The predicted molar refractivity (Wildman–Crippen MR) is 45.5 cm³/mol. The molecule has 0 amide bonds. The van der Waals surface area contributed by atoms with Crippen molar-refractivity contribution in [3.05, 3.63) is 0 Å². The third kappa shape index (κ3) is 1430. The Kier molecular flexibility index (Phi) is 25.0. The Labute approximate surface area is 96.0 Å². The van der Waals surface area contributed by atoms with Gasteiger partial charge in [0.25, 0.3) is 0 Å². The number of hydrogen-bond donors (Lipinski definition) is 6. The van der Waals surface area contributed by atoms with Crippen LogP contribution in [0.5, 0.6) is 0 Å². The molecular weight excluding hydrogens is 253 g/mol. The first-order valence-electron chi connectivity index (χ1n) is 1.75. The normalized spacial score (nSPS) is 9.23. The van der Waals surface area contributed by atoms with Crippen LogP contribution in [0.25, 0.3) is 0 Å². The standard InChI is InChI=1S/Mg.H4O4Si.H2O4Si.H2O.H4Si/c;2*1-5(2,3)4;;/h;1-4H;1-2H;1H2;1H4/q+2;;-2;;. The van der Waals surface area contributed by atoms with Crippen molar-refractivity contribution in [2.45, 2.75) is 0 Å². The largest absolute Gasteiger partial charge is 2.00 e. The molecule has 0 saturated carbocycles. The van der Waals surface area contributed by atoms with Crippen LogP contribution in [0.2, 0.25) is 0 Å². The average molecular weight is 265 g/mol. The van der Waals surface area contributed by atoms with E-state index in [1.54, 1.807) is 0 Å². The summed E-state index contributed by atoms with van der Waals surface area (Å²) in [5.74, 6) is 0. The van der Waals surface area contributed by atoms with Gasteiger partial charge in [-0.15, -0.1) is 0 Å². The van der Waals surface area contributed by atoms with Crippen molar-refractivity contribution in [3.63, 3.8) is 0 Å². The van der Waals surface area contributed by atoms with Crippen LogP contribution < -0.4 is 9.59 Å². The first-order chi connectivity index (χ1) is 4.00. The molecule has 0 aliphatic rings. The minimum atomic E-state index is -5.11. The molecule has 0 radical (unpaired) electrons. The Morgan fingerprint density at radius 1 is 0.769 bits per heavy atom. The maximum Gasteiger partial charge on any atom is 2.00 e. The second kappa shape index (κ2) is 11.1. The molecule has 0 aliphatic heterocycles. The molecule has 13 heteroatoms. The molecule has 0 heterocycles. The van der Waals surface area contributed by atoms with Crippen LogP contribution in [0.3, 0.4) is 0 Å². The van der Waals surface area contributed by atoms with Gasteiger partial charge in [-0.05, 0) is 11.0 Å². The molecule has 0 aromatic carbocycles. The molecule has 0 bridgehead atoms. The fourth-order valence-corrected chi connectivity index (χ4v) is 0. The van der Waals surface area contributed by atoms with Crippen LogP contribution in [0, 0.1) is 0 Å². The van der Waals surface area contributed by atoms with Crippen LogP contribution in [0.15, 0.2) is 0 Å². The van der Waals surface area contributed by atoms with Crippen molar-refractivity contribution in [3.8, 4) is 0 Å². The van der Waals surface area contributed by atoms with Crippen molar-refractivity contribution in [2.75, 3.05) is 0 Å².